The number of nitrogens with zero attached hydrogens (tertiary/aromatic N) is 1. The third kappa shape index (κ3) is 1.54. The highest BCUT2D eigenvalue weighted by Crippen LogP contribution is 2.43. The molecule has 0 spiro atoms. The molecule has 20 heavy (non-hydrogen) atoms. The summed E-state index contributed by atoms with van der Waals surface area (Å²) in [6.45, 7) is 0. The monoisotopic (exact) mass is 265 g/mol. The lowest BCUT2D eigenvalue weighted by Crippen LogP contribution is -2.22. The molecule has 1 saturated carbocycles. The van der Waals surface area contributed by atoms with Crippen LogP contribution in [0.1, 0.15) is 53.9 Å². The van der Waals surface area contributed by atoms with Gasteiger partial charge in [0.15, 0.2) is 0 Å². The third-order valence-electron chi connectivity index (χ3n) is 4.98. The number of anilines is 1. The van der Waals surface area contributed by atoms with Crippen LogP contribution in [0.5, 0.6) is 0 Å². The lowest BCUT2D eigenvalue weighted by Gasteiger charge is -2.23. The standard InChI is InChI=1S/C18H19NO/c1-19-15-9-5-8-13-10-11-14(12-6-3-2-4-7-12)17(16(13)15)18(19)20/h5,8-12H,2-4,6-7H2,1H3. The summed E-state index contributed by atoms with van der Waals surface area (Å²) >= 11 is 0. The molecule has 2 nitrogen and oxygen atoms in total. The molecular formula is C18H19NO. The topological polar surface area (TPSA) is 20.3 Å². The van der Waals surface area contributed by atoms with E-state index in [0.29, 0.717) is 5.92 Å². The van der Waals surface area contributed by atoms with Crippen molar-refractivity contribution in [2.45, 2.75) is 38.0 Å². The second-order valence-electron chi connectivity index (χ2n) is 6.10. The molecule has 1 amide bonds. The minimum absolute atomic E-state index is 0.178. The van der Waals surface area contributed by atoms with E-state index in [1.165, 1.54) is 48.4 Å². The number of hydrogen-bond donors (Lipinski definition) is 0. The Kier molecular flexibility index (Phi) is 2.59. The largest absolute Gasteiger partial charge is 0.311 e. The summed E-state index contributed by atoms with van der Waals surface area (Å²) in [5.74, 6) is 0.754. The van der Waals surface area contributed by atoms with Gasteiger partial charge < -0.3 is 4.90 Å². The van der Waals surface area contributed by atoms with E-state index in [2.05, 4.69) is 24.3 Å². The minimum Gasteiger partial charge on any atom is -0.311 e. The average Bonchev–Trinajstić information content (AvgIpc) is 2.76. The van der Waals surface area contributed by atoms with E-state index in [-0.39, 0.29) is 5.91 Å². The van der Waals surface area contributed by atoms with Crippen LogP contribution in [0.15, 0.2) is 30.3 Å². The molecule has 102 valence electrons. The maximum absolute atomic E-state index is 12.7. The highest BCUT2D eigenvalue weighted by molar-refractivity contribution is 6.25. The quantitative estimate of drug-likeness (QED) is 0.744. The molecular weight excluding hydrogens is 246 g/mol. The number of carbonyl (C=O) groups excluding carboxylic acids is 1. The number of amides is 1. The van der Waals surface area contributed by atoms with Gasteiger partial charge in [-0.05, 0) is 35.8 Å². The second kappa shape index (κ2) is 4.34. The molecule has 0 saturated heterocycles. The molecule has 0 radical (unpaired) electrons. The molecule has 2 aromatic carbocycles. The van der Waals surface area contributed by atoms with Crippen molar-refractivity contribution in [3.63, 3.8) is 0 Å². The first kappa shape index (κ1) is 12.0. The molecule has 0 aromatic heterocycles. The van der Waals surface area contributed by atoms with E-state index in [1.807, 2.05) is 18.0 Å². The summed E-state index contributed by atoms with van der Waals surface area (Å²) < 4.78 is 0. The first-order chi connectivity index (χ1) is 9.77. The second-order valence-corrected chi connectivity index (χ2v) is 6.10. The van der Waals surface area contributed by atoms with E-state index in [0.717, 1.165) is 11.3 Å². The van der Waals surface area contributed by atoms with Crippen LogP contribution in [-0.2, 0) is 0 Å². The summed E-state index contributed by atoms with van der Waals surface area (Å²) in [7, 11) is 1.89. The van der Waals surface area contributed by atoms with Crippen molar-refractivity contribution < 1.29 is 4.79 Å². The molecule has 0 unspecified atom stereocenters. The summed E-state index contributed by atoms with van der Waals surface area (Å²) in [6.07, 6.45) is 6.41. The van der Waals surface area contributed by atoms with E-state index in [4.69, 9.17) is 0 Å². The number of hydrogen-bond acceptors (Lipinski definition) is 1. The van der Waals surface area contributed by atoms with Crippen molar-refractivity contribution in [1.82, 2.24) is 0 Å². The van der Waals surface area contributed by atoms with Gasteiger partial charge >= 0.3 is 0 Å². The van der Waals surface area contributed by atoms with Gasteiger partial charge in [-0.25, -0.2) is 0 Å². The number of rotatable bonds is 1. The summed E-state index contributed by atoms with van der Waals surface area (Å²) in [5, 5.41) is 2.36. The first-order valence-corrected chi connectivity index (χ1v) is 7.61. The van der Waals surface area contributed by atoms with Gasteiger partial charge in [-0.15, -0.1) is 0 Å². The smallest absolute Gasteiger partial charge is 0.259 e. The molecule has 2 heteroatoms. The predicted molar refractivity (Wildman–Crippen MR) is 82.5 cm³/mol. The van der Waals surface area contributed by atoms with Crippen LogP contribution in [-0.4, -0.2) is 13.0 Å². The molecule has 1 aliphatic heterocycles. The van der Waals surface area contributed by atoms with Crippen LogP contribution in [0.2, 0.25) is 0 Å². The van der Waals surface area contributed by atoms with Crippen molar-refractivity contribution in [3.05, 3.63) is 41.5 Å². The van der Waals surface area contributed by atoms with Crippen molar-refractivity contribution >= 4 is 22.4 Å². The van der Waals surface area contributed by atoms with Crippen LogP contribution >= 0.6 is 0 Å². The Labute approximate surface area is 119 Å². The summed E-state index contributed by atoms with van der Waals surface area (Å²) in [6, 6.07) is 10.6. The van der Waals surface area contributed by atoms with Crippen LogP contribution < -0.4 is 4.90 Å². The summed E-state index contributed by atoms with van der Waals surface area (Å²) in [4.78, 5) is 14.5. The van der Waals surface area contributed by atoms with Crippen LogP contribution in [0.3, 0.4) is 0 Å². The fourth-order valence-corrected chi connectivity index (χ4v) is 3.92. The van der Waals surface area contributed by atoms with Gasteiger partial charge in [0.25, 0.3) is 5.91 Å². The first-order valence-electron chi connectivity index (χ1n) is 7.61. The molecule has 0 N–H and O–H groups in total. The van der Waals surface area contributed by atoms with Gasteiger partial charge in [-0.1, -0.05) is 43.5 Å². The van der Waals surface area contributed by atoms with E-state index < -0.39 is 0 Å². The Morgan fingerprint density at radius 2 is 1.85 bits per heavy atom. The highest BCUT2D eigenvalue weighted by atomic mass is 16.2. The Morgan fingerprint density at radius 1 is 1.05 bits per heavy atom. The van der Waals surface area contributed by atoms with E-state index in [1.54, 1.807) is 0 Å². The van der Waals surface area contributed by atoms with Gasteiger partial charge in [0.05, 0.1) is 11.3 Å². The fourth-order valence-electron chi connectivity index (χ4n) is 3.92. The zero-order chi connectivity index (χ0) is 13.7. The van der Waals surface area contributed by atoms with Crippen molar-refractivity contribution in [2.75, 3.05) is 11.9 Å². The third-order valence-corrected chi connectivity index (χ3v) is 4.98. The molecule has 1 aliphatic carbocycles. The normalized spacial score (nSPS) is 19.1. The molecule has 0 bridgehead atoms. The Hall–Kier alpha value is -1.83. The lowest BCUT2D eigenvalue weighted by atomic mass is 9.81. The van der Waals surface area contributed by atoms with Gasteiger partial charge in [-0.3, -0.25) is 4.79 Å². The molecule has 0 atom stereocenters. The molecule has 1 heterocycles. The lowest BCUT2D eigenvalue weighted by molar-refractivity contribution is 0.0997. The molecule has 1 fully saturated rings. The zero-order valence-electron chi connectivity index (χ0n) is 11.9. The maximum Gasteiger partial charge on any atom is 0.259 e. The summed E-state index contributed by atoms with van der Waals surface area (Å²) in [5.41, 5.74) is 3.34. The molecule has 2 aromatic rings. The van der Waals surface area contributed by atoms with Gasteiger partial charge in [-0.2, -0.15) is 0 Å². The average molecular weight is 265 g/mol. The molecule has 2 aliphatic rings. The Morgan fingerprint density at radius 3 is 2.65 bits per heavy atom. The van der Waals surface area contributed by atoms with Gasteiger partial charge in [0.1, 0.15) is 0 Å². The number of carbonyl (C=O) groups is 1. The van der Waals surface area contributed by atoms with Crippen molar-refractivity contribution in [1.29, 1.82) is 0 Å². The van der Waals surface area contributed by atoms with Crippen LogP contribution in [0, 0.1) is 0 Å². The SMILES string of the molecule is CN1C(=O)c2c(C3CCCCC3)ccc3cccc1c23. The number of benzene rings is 2. The fraction of sp³-hybridized carbons (Fsp3) is 0.389. The van der Waals surface area contributed by atoms with Gasteiger partial charge in [0.2, 0.25) is 0 Å². The van der Waals surface area contributed by atoms with E-state index >= 15 is 0 Å². The van der Waals surface area contributed by atoms with Crippen molar-refractivity contribution in [3.8, 4) is 0 Å². The zero-order valence-corrected chi connectivity index (χ0v) is 11.9. The highest BCUT2D eigenvalue weighted by Gasteiger charge is 2.31. The molecule has 4 rings (SSSR count). The predicted octanol–water partition coefficient (Wildman–Crippen LogP) is 4.48. The Balaban J connectivity index is 1.96. The van der Waals surface area contributed by atoms with E-state index in [9.17, 15) is 4.79 Å². The van der Waals surface area contributed by atoms with Crippen molar-refractivity contribution in [2.24, 2.45) is 0 Å². The maximum atomic E-state index is 12.7. The van der Waals surface area contributed by atoms with Crippen LogP contribution in [0.4, 0.5) is 5.69 Å². The van der Waals surface area contributed by atoms with Crippen LogP contribution in [0.25, 0.3) is 10.8 Å². The Bertz CT molecular complexity index is 698. The minimum atomic E-state index is 0.178. The van der Waals surface area contributed by atoms with Gasteiger partial charge in [0, 0.05) is 12.4 Å².